The summed E-state index contributed by atoms with van der Waals surface area (Å²) in [7, 11) is 0. The van der Waals surface area contributed by atoms with E-state index in [2.05, 4.69) is 34.0 Å². The van der Waals surface area contributed by atoms with Crippen LogP contribution in [0.15, 0.2) is 64.2 Å². The number of nitrogens with two attached hydrogens (primary N) is 2. The van der Waals surface area contributed by atoms with Gasteiger partial charge in [0.2, 0.25) is 0 Å². The van der Waals surface area contributed by atoms with Crippen molar-refractivity contribution in [2.75, 3.05) is 38.6 Å². The molecular formula is C28H34F3N7O3. The highest BCUT2D eigenvalue weighted by atomic mass is 19.4. The minimum atomic E-state index is -4.47. The van der Waals surface area contributed by atoms with Crippen LogP contribution in [-0.4, -0.2) is 65.1 Å². The van der Waals surface area contributed by atoms with Gasteiger partial charge in [0, 0.05) is 31.2 Å². The Morgan fingerprint density at radius 1 is 1.22 bits per heavy atom. The van der Waals surface area contributed by atoms with Gasteiger partial charge in [-0.25, -0.2) is 4.98 Å². The Kier molecular flexibility index (Phi) is 9.00. The largest absolute Gasteiger partial charge is 0.439 e. The Morgan fingerprint density at radius 3 is 2.56 bits per heavy atom. The number of benzene rings is 2. The average molecular weight is 574 g/mol. The number of aromatic amines is 1. The zero-order valence-corrected chi connectivity index (χ0v) is 23.1. The lowest BCUT2D eigenvalue weighted by Gasteiger charge is -2.41. The number of hydrogen-bond donors (Lipinski definition) is 4. The summed E-state index contributed by atoms with van der Waals surface area (Å²) in [6.45, 7) is 9.70. The Morgan fingerprint density at radius 2 is 1.90 bits per heavy atom. The van der Waals surface area contributed by atoms with E-state index in [9.17, 15) is 18.0 Å². The number of anilines is 1. The third kappa shape index (κ3) is 7.63. The van der Waals surface area contributed by atoms with Crippen molar-refractivity contribution in [3.8, 4) is 5.75 Å². The predicted octanol–water partition coefficient (Wildman–Crippen LogP) is 3.24. The highest BCUT2D eigenvalue weighted by Crippen LogP contribution is 2.29. The molecule has 1 aliphatic rings. The van der Waals surface area contributed by atoms with Gasteiger partial charge in [-0.15, -0.1) is 0 Å². The maximum atomic E-state index is 13.2. The molecule has 0 radical (unpaired) electrons. The first-order chi connectivity index (χ1) is 19.3. The predicted molar refractivity (Wildman–Crippen MR) is 152 cm³/mol. The number of rotatable bonds is 9. The summed E-state index contributed by atoms with van der Waals surface area (Å²) < 4.78 is 50.8. The number of hydrogen-bond acceptors (Lipinski definition) is 9. The van der Waals surface area contributed by atoms with Gasteiger partial charge in [0.1, 0.15) is 5.52 Å². The van der Waals surface area contributed by atoms with Crippen molar-refractivity contribution in [1.29, 1.82) is 0 Å². The molecule has 1 aromatic heterocycles. The van der Waals surface area contributed by atoms with E-state index < -0.39 is 23.5 Å². The monoisotopic (exact) mass is 573 g/mol. The van der Waals surface area contributed by atoms with Gasteiger partial charge in [0.15, 0.2) is 17.5 Å². The lowest BCUT2D eigenvalue weighted by molar-refractivity contribution is -0.137. The number of alkyl halides is 3. The highest BCUT2D eigenvalue weighted by Gasteiger charge is 2.30. The van der Waals surface area contributed by atoms with Crippen LogP contribution in [0.3, 0.4) is 0 Å². The van der Waals surface area contributed by atoms with Gasteiger partial charge in [0.25, 0.3) is 5.56 Å². The molecule has 1 aliphatic heterocycles. The van der Waals surface area contributed by atoms with E-state index in [4.69, 9.17) is 25.9 Å². The fourth-order valence-corrected chi connectivity index (χ4v) is 4.43. The molecule has 1 saturated heterocycles. The van der Waals surface area contributed by atoms with E-state index in [1.165, 1.54) is 18.2 Å². The van der Waals surface area contributed by atoms with Gasteiger partial charge in [-0.3, -0.25) is 20.0 Å². The minimum Gasteiger partial charge on any atom is -0.439 e. The van der Waals surface area contributed by atoms with Crippen molar-refractivity contribution in [3.05, 3.63) is 75.9 Å². The third-order valence-electron chi connectivity index (χ3n) is 6.76. The second-order valence-electron chi connectivity index (χ2n) is 10.3. The van der Waals surface area contributed by atoms with Crippen LogP contribution in [-0.2, 0) is 10.9 Å². The van der Waals surface area contributed by atoms with E-state index >= 15 is 0 Å². The number of nitrogen functional groups attached to an aromatic ring is 1. The summed E-state index contributed by atoms with van der Waals surface area (Å²) in [5, 5.41) is 3.40. The average Bonchev–Trinajstić information content (AvgIpc) is 2.93. The number of fused-ring (bicyclic) bond motifs is 1. The molecule has 4 rings (SSSR count). The van der Waals surface area contributed by atoms with Crippen molar-refractivity contribution >= 4 is 22.6 Å². The van der Waals surface area contributed by atoms with Gasteiger partial charge in [-0.05, 0) is 50.6 Å². The van der Waals surface area contributed by atoms with Crippen molar-refractivity contribution in [1.82, 2.24) is 20.2 Å². The molecule has 41 heavy (non-hydrogen) atoms. The molecule has 13 heteroatoms. The summed E-state index contributed by atoms with van der Waals surface area (Å²) in [5.74, 6) is -0.101. The van der Waals surface area contributed by atoms with Crippen LogP contribution >= 0.6 is 0 Å². The molecule has 0 aliphatic carbocycles. The van der Waals surface area contributed by atoms with Gasteiger partial charge in [-0.2, -0.15) is 13.2 Å². The van der Waals surface area contributed by atoms with Gasteiger partial charge in [0.05, 0.1) is 36.2 Å². The number of nitrogens with one attached hydrogen (secondary N) is 2. The maximum Gasteiger partial charge on any atom is 0.416 e. The lowest BCUT2D eigenvalue weighted by Crippen LogP contribution is -2.55. The van der Waals surface area contributed by atoms with E-state index in [0.29, 0.717) is 36.6 Å². The summed E-state index contributed by atoms with van der Waals surface area (Å²) in [4.78, 5) is 25.6. The van der Waals surface area contributed by atoms with Crippen LogP contribution in [0.4, 0.5) is 19.0 Å². The van der Waals surface area contributed by atoms with Gasteiger partial charge < -0.3 is 25.9 Å². The van der Waals surface area contributed by atoms with Crippen LogP contribution in [0.25, 0.3) is 11.0 Å². The van der Waals surface area contributed by atoms with E-state index in [1.807, 2.05) is 6.92 Å². The number of allylic oxidation sites excluding steroid dienone is 1. The molecule has 1 fully saturated rings. The van der Waals surface area contributed by atoms with Crippen molar-refractivity contribution < 1.29 is 22.6 Å². The molecule has 6 N–H and O–H groups in total. The van der Waals surface area contributed by atoms with Crippen LogP contribution in [0.1, 0.15) is 31.9 Å². The second kappa shape index (κ2) is 12.3. The number of H-pyrrole nitrogens is 1. The van der Waals surface area contributed by atoms with E-state index in [-0.39, 0.29) is 28.5 Å². The summed E-state index contributed by atoms with van der Waals surface area (Å²) in [6.07, 6.45) is -3.46. The van der Waals surface area contributed by atoms with E-state index in [1.54, 1.807) is 18.2 Å². The number of aromatic nitrogens is 2. The summed E-state index contributed by atoms with van der Waals surface area (Å²) >= 11 is 0. The summed E-state index contributed by atoms with van der Waals surface area (Å²) in [6, 6.07) is 9.52. The lowest BCUT2D eigenvalue weighted by atomic mass is 10.0. The number of morpholine rings is 1. The first kappa shape index (κ1) is 30.0. The maximum absolute atomic E-state index is 13.2. The molecule has 3 aromatic rings. The molecular weight excluding hydrogens is 539 g/mol. The molecule has 0 bridgehead atoms. The Labute approximate surface area is 235 Å². The standard InChI is InChI=1S/C28H34F3N7O3/c1-17(34-16-27(2,3)38-11-13-40-14-12-38)35-21(18-7-9-19(10-8-18)28(29,30)31)15-23(32)41-22-6-4-5-20-24(22)37-25(33)26(39)36-20/h4-10,15,17,34H,11-14,16,32H2,1-3H3,(H2,33,37)(H,36,39)/b23-15+,35-21+. The fraction of sp³-hybridized carbons (Fsp3) is 0.393. The minimum absolute atomic E-state index is 0.0939. The number of ether oxygens (including phenoxy) is 2. The van der Waals surface area contributed by atoms with Gasteiger partial charge in [-0.1, -0.05) is 18.2 Å². The molecule has 0 spiro atoms. The molecule has 220 valence electrons. The van der Waals surface area contributed by atoms with Crippen LogP contribution in [0, 0.1) is 0 Å². The molecule has 2 aromatic carbocycles. The molecule has 1 unspecified atom stereocenters. The highest BCUT2D eigenvalue weighted by molar-refractivity contribution is 6.09. The van der Waals surface area contributed by atoms with Gasteiger partial charge >= 0.3 is 6.18 Å². The molecule has 1 atom stereocenters. The van der Waals surface area contributed by atoms with Crippen LogP contribution in [0.5, 0.6) is 5.75 Å². The summed E-state index contributed by atoms with van der Waals surface area (Å²) in [5.41, 5.74) is 11.8. The first-order valence-corrected chi connectivity index (χ1v) is 13.1. The van der Waals surface area contributed by atoms with Crippen LogP contribution < -0.4 is 27.1 Å². The Bertz CT molecular complexity index is 1480. The van der Waals surface area contributed by atoms with Crippen molar-refractivity contribution in [2.45, 2.75) is 38.7 Å². The number of nitrogens with zero attached hydrogens (tertiary/aromatic N) is 3. The smallest absolute Gasteiger partial charge is 0.416 e. The zero-order valence-electron chi connectivity index (χ0n) is 23.1. The number of para-hydroxylation sites is 1. The SMILES string of the molecule is CC(/N=C(\C=C(/N)Oc1cccc2[nH]c(=O)c(N)nc12)c1ccc(C(F)(F)F)cc1)NCC(C)(C)N1CCOCC1. The Hall–Kier alpha value is -3.94. The number of halogens is 3. The van der Waals surface area contributed by atoms with Crippen molar-refractivity contribution in [2.24, 2.45) is 10.7 Å². The fourth-order valence-electron chi connectivity index (χ4n) is 4.43. The van der Waals surface area contributed by atoms with E-state index in [0.717, 1.165) is 25.2 Å². The first-order valence-electron chi connectivity index (χ1n) is 13.1. The molecule has 2 heterocycles. The molecule has 0 amide bonds. The number of aliphatic imine (C=N–C) groups is 1. The normalized spacial score (nSPS) is 16.6. The second-order valence-corrected chi connectivity index (χ2v) is 10.3. The van der Waals surface area contributed by atoms with Crippen LogP contribution in [0.2, 0.25) is 0 Å². The Balaban J connectivity index is 1.61. The quantitative estimate of drug-likeness (QED) is 0.226. The van der Waals surface area contributed by atoms with Crippen molar-refractivity contribution in [3.63, 3.8) is 0 Å². The third-order valence-corrected chi connectivity index (χ3v) is 6.76. The molecule has 10 nitrogen and oxygen atoms in total. The topological polar surface area (TPSA) is 144 Å². The molecule has 0 saturated carbocycles. The zero-order chi connectivity index (χ0) is 29.8.